The van der Waals surface area contributed by atoms with Crippen molar-refractivity contribution in [2.75, 3.05) is 0 Å². The van der Waals surface area contributed by atoms with Gasteiger partial charge in [0.1, 0.15) is 12.2 Å². The molecule has 2 rings (SSSR count). The summed E-state index contributed by atoms with van der Waals surface area (Å²) in [6, 6.07) is 0. The van der Waals surface area contributed by atoms with Crippen LogP contribution in [0.4, 0.5) is 0 Å². The van der Waals surface area contributed by atoms with E-state index >= 15 is 0 Å². The van der Waals surface area contributed by atoms with Crippen molar-refractivity contribution in [3.63, 3.8) is 0 Å². The molecular formula is C24H42O4. The highest BCUT2D eigenvalue weighted by Crippen LogP contribution is 2.39. The lowest BCUT2D eigenvalue weighted by Gasteiger charge is -2.31. The molecule has 4 nitrogen and oxygen atoms in total. The largest absolute Gasteiger partial charge is 0.495 e. The molecule has 0 amide bonds. The van der Waals surface area contributed by atoms with Crippen LogP contribution in [-0.2, 0) is 14.3 Å². The zero-order valence-electron chi connectivity index (χ0n) is 18.6. The summed E-state index contributed by atoms with van der Waals surface area (Å²) in [5.41, 5.74) is 0.218. The van der Waals surface area contributed by atoms with Crippen molar-refractivity contribution >= 4 is 5.97 Å². The number of aliphatic hydroxyl groups excluding tert-OH is 1. The number of hydrogen-bond donors (Lipinski definition) is 1. The fourth-order valence-electron chi connectivity index (χ4n) is 4.62. The Kier molecular flexibility index (Phi) is 8.42. The van der Waals surface area contributed by atoms with E-state index in [1.54, 1.807) is 0 Å². The third-order valence-corrected chi connectivity index (χ3v) is 6.84. The Labute approximate surface area is 172 Å². The van der Waals surface area contributed by atoms with Gasteiger partial charge in [-0.15, -0.1) is 0 Å². The summed E-state index contributed by atoms with van der Waals surface area (Å²) >= 11 is 0. The summed E-state index contributed by atoms with van der Waals surface area (Å²) in [5, 5.41) is 10.3. The second-order valence-corrected chi connectivity index (χ2v) is 10.3. The molecule has 0 saturated carbocycles. The highest BCUT2D eigenvalue weighted by molar-refractivity contribution is 5.71. The Morgan fingerprint density at radius 1 is 0.929 bits per heavy atom. The van der Waals surface area contributed by atoms with Gasteiger partial charge in [0.2, 0.25) is 0 Å². The first-order chi connectivity index (χ1) is 13.1. The minimum atomic E-state index is -0.196. The molecule has 2 aliphatic heterocycles. The van der Waals surface area contributed by atoms with Crippen LogP contribution in [0.15, 0.2) is 12.3 Å². The van der Waals surface area contributed by atoms with Gasteiger partial charge in [-0.05, 0) is 38.5 Å². The van der Waals surface area contributed by atoms with E-state index in [9.17, 15) is 9.90 Å². The van der Waals surface area contributed by atoms with Gasteiger partial charge in [-0.3, -0.25) is 4.79 Å². The molecule has 162 valence electrons. The first-order valence-electron chi connectivity index (χ1n) is 11.3. The number of ether oxygens (including phenoxy) is 2. The lowest BCUT2D eigenvalue weighted by atomic mass is 9.79. The maximum atomic E-state index is 11.3. The second kappa shape index (κ2) is 10.1. The predicted octanol–water partition coefficient (Wildman–Crippen LogP) is 5.92. The molecule has 0 bridgehead atoms. The molecule has 0 aromatic heterocycles. The molecule has 2 heterocycles. The number of esters is 1. The van der Waals surface area contributed by atoms with Crippen LogP contribution in [0.3, 0.4) is 0 Å². The second-order valence-electron chi connectivity index (χ2n) is 10.3. The van der Waals surface area contributed by atoms with Gasteiger partial charge < -0.3 is 14.6 Å². The fraction of sp³-hybridized carbons (Fsp3) is 0.875. The molecule has 0 radical (unpaired) electrons. The van der Waals surface area contributed by atoms with Gasteiger partial charge in [0.15, 0.2) is 0 Å². The van der Waals surface area contributed by atoms with Crippen LogP contribution in [0.25, 0.3) is 0 Å². The number of cyclic esters (lactones) is 1. The lowest BCUT2D eigenvalue weighted by Crippen LogP contribution is -2.29. The van der Waals surface area contributed by atoms with Gasteiger partial charge in [0.05, 0.1) is 11.9 Å². The lowest BCUT2D eigenvalue weighted by molar-refractivity contribution is -0.145. The zero-order valence-corrected chi connectivity index (χ0v) is 18.6. The molecule has 2 aliphatic rings. The molecule has 1 N–H and O–H groups in total. The molecule has 2 fully saturated rings. The third-order valence-electron chi connectivity index (χ3n) is 6.84. The monoisotopic (exact) mass is 394 g/mol. The number of aliphatic hydroxyl groups is 1. The molecule has 3 atom stereocenters. The zero-order chi connectivity index (χ0) is 20.8. The van der Waals surface area contributed by atoms with Gasteiger partial charge in [0.25, 0.3) is 0 Å². The van der Waals surface area contributed by atoms with Gasteiger partial charge in [0, 0.05) is 23.7 Å². The Balaban J connectivity index is 1.53. The van der Waals surface area contributed by atoms with E-state index in [-0.39, 0.29) is 29.0 Å². The summed E-state index contributed by atoms with van der Waals surface area (Å²) in [6.07, 6.45) is 11.9. The Morgan fingerprint density at radius 2 is 1.43 bits per heavy atom. The van der Waals surface area contributed by atoms with Crippen molar-refractivity contribution in [1.82, 2.24) is 0 Å². The van der Waals surface area contributed by atoms with Crippen LogP contribution in [0.2, 0.25) is 0 Å². The van der Waals surface area contributed by atoms with Gasteiger partial charge in [-0.2, -0.15) is 0 Å². The van der Waals surface area contributed by atoms with Crippen molar-refractivity contribution in [2.45, 2.75) is 123 Å². The number of allylic oxidation sites excluding steroid dienone is 1. The molecule has 2 saturated heterocycles. The van der Waals surface area contributed by atoms with Gasteiger partial charge in [-0.25, -0.2) is 0 Å². The number of hydrogen-bond acceptors (Lipinski definition) is 4. The summed E-state index contributed by atoms with van der Waals surface area (Å²) in [5.74, 6) is 0.879. The molecule has 0 aromatic carbocycles. The maximum Gasteiger partial charge on any atom is 0.306 e. The normalized spacial score (nSPS) is 24.3. The fourth-order valence-corrected chi connectivity index (χ4v) is 4.62. The van der Waals surface area contributed by atoms with Crippen LogP contribution in [0, 0.1) is 10.8 Å². The Hall–Kier alpha value is -1.03. The number of unbranched alkanes of at least 4 members (excludes halogenated alkanes) is 2. The van der Waals surface area contributed by atoms with E-state index < -0.39 is 0 Å². The van der Waals surface area contributed by atoms with E-state index in [0.717, 1.165) is 76.4 Å². The van der Waals surface area contributed by atoms with Crippen molar-refractivity contribution in [3.05, 3.63) is 12.3 Å². The van der Waals surface area contributed by atoms with Gasteiger partial charge >= 0.3 is 5.97 Å². The van der Waals surface area contributed by atoms with Crippen LogP contribution in [0.1, 0.15) is 105 Å². The average Bonchev–Trinajstić information content (AvgIpc) is 3.25. The summed E-state index contributed by atoms with van der Waals surface area (Å²) < 4.78 is 11.3. The van der Waals surface area contributed by atoms with Crippen LogP contribution < -0.4 is 0 Å². The van der Waals surface area contributed by atoms with Crippen LogP contribution in [-0.4, -0.2) is 29.4 Å². The van der Waals surface area contributed by atoms with E-state index in [1.165, 1.54) is 0 Å². The predicted molar refractivity (Wildman–Crippen MR) is 113 cm³/mol. The smallest absolute Gasteiger partial charge is 0.306 e. The SMILES string of the molecule is C=C1CCC(C(C)(C)CCCCC(O)CCCCC(C)(C)C2CCC(=O)O2)O1. The topological polar surface area (TPSA) is 55.8 Å². The van der Waals surface area contributed by atoms with E-state index in [0.29, 0.717) is 12.5 Å². The molecule has 0 aromatic rings. The van der Waals surface area contributed by atoms with E-state index in [4.69, 9.17) is 9.47 Å². The minimum Gasteiger partial charge on any atom is -0.495 e. The number of carbonyl (C=O) groups excluding carboxylic acids is 1. The number of carbonyl (C=O) groups is 1. The van der Waals surface area contributed by atoms with Crippen molar-refractivity contribution in [2.24, 2.45) is 10.8 Å². The highest BCUT2D eigenvalue weighted by Gasteiger charge is 2.36. The first kappa shape index (κ1) is 23.3. The van der Waals surface area contributed by atoms with E-state index in [1.807, 2.05) is 0 Å². The van der Waals surface area contributed by atoms with Crippen LogP contribution >= 0.6 is 0 Å². The summed E-state index contributed by atoms with van der Waals surface area (Å²) in [4.78, 5) is 11.3. The van der Waals surface area contributed by atoms with Crippen molar-refractivity contribution < 1.29 is 19.4 Å². The summed E-state index contributed by atoms with van der Waals surface area (Å²) in [6.45, 7) is 12.9. The molecular weight excluding hydrogens is 352 g/mol. The Morgan fingerprint density at radius 3 is 1.86 bits per heavy atom. The molecule has 3 unspecified atom stereocenters. The molecule has 28 heavy (non-hydrogen) atoms. The maximum absolute atomic E-state index is 11.3. The Bertz CT molecular complexity index is 477. The van der Waals surface area contributed by atoms with E-state index in [2.05, 4.69) is 34.3 Å². The van der Waals surface area contributed by atoms with Crippen molar-refractivity contribution in [1.29, 1.82) is 0 Å². The molecule has 0 aliphatic carbocycles. The summed E-state index contributed by atoms with van der Waals surface area (Å²) in [7, 11) is 0. The molecule has 4 heteroatoms. The van der Waals surface area contributed by atoms with Crippen LogP contribution in [0.5, 0.6) is 0 Å². The van der Waals surface area contributed by atoms with Crippen molar-refractivity contribution in [3.8, 4) is 0 Å². The quantitative estimate of drug-likeness (QED) is 0.330. The highest BCUT2D eigenvalue weighted by atomic mass is 16.6. The first-order valence-corrected chi connectivity index (χ1v) is 11.3. The third kappa shape index (κ3) is 7.09. The minimum absolute atomic E-state index is 0.0380. The standard InChI is InChI=1S/C24H42O4/c1-18-12-13-20(27-18)23(2,3)16-8-6-10-19(25)11-7-9-17-24(4,5)21-14-15-22(26)28-21/h19-21,25H,1,6-17H2,2-5H3. The average molecular weight is 395 g/mol. The number of rotatable bonds is 12. The molecule has 0 spiro atoms. The van der Waals surface area contributed by atoms with Gasteiger partial charge in [-0.1, -0.05) is 60.0 Å².